The first-order valence-electron chi connectivity index (χ1n) is 6.39. The number of hydrogen-bond acceptors (Lipinski definition) is 3. The maximum atomic E-state index is 11.8. The van der Waals surface area contributed by atoms with E-state index in [1.54, 1.807) is 0 Å². The highest BCUT2D eigenvalue weighted by molar-refractivity contribution is 5.85. The third kappa shape index (κ3) is 6.78. The molecule has 1 rings (SSSR count). The van der Waals surface area contributed by atoms with Gasteiger partial charge < -0.3 is 10.6 Å². The van der Waals surface area contributed by atoms with E-state index in [0.717, 1.165) is 32.6 Å². The number of nitrogens with one attached hydrogen (secondary N) is 2. The van der Waals surface area contributed by atoms with Crippen molar-refractivity contribution in [2.24, 2.45) is 5.92 Å². The lowest BCUT2D eigenvalue weighted by Gasteiger charge is -2.31. The predicted octanol–water partition coefficient (Wildman–Crippen LogP) is 1.29. The molecule has 2 N–H and O–H groups in total. The van der Waals surface area contributed by atoms with E-state index in [1.807, 2.05) is 0 Å². The van der Waals surface area contributed by atoms with Crippen LogP contribution in [0.25, 0.3) is 0 Å². The summed E-state index contributed by atoms with van der Waals surface area (Å²) in [6.07, 6.45) is 1.05. The van der Waals surface area contributed by atoms with Crippen molar-refractivity contribution in [3.05, 3.63) is 0 Å². The number of carbonyl (C=O) groups excluding carboxylic acids is 1. The molecule has 0 spiro atoms. The van der Waals surface area contributed by atoms with Gasteiger partial charge in [-0.2, -0.15) is 0 Å². The number of amides is 1. The summed E-state index contributed by atoms with van der Waals surface area (Å²) in [5.74, 6) is 0.705. The molecule has 2 atom stereocenters. The molecule has 0 aromatic carbocycles. The van der Waals surface area contributed by atoms with Crippen LogP contribution in [0.1, 0.15) is 27.2 Å². The Morgan fingerprint density at radius 3 is 2.44 bits per heavy atom. The van der Waals surface area contributed by atoms with E-state index in [9.17, 15) is 4.79 Å². The molecule has 1 aliphatic rings. The van der Waals surface area contributed by atoms with Crippen LogP contribution in [-0.2, 0) is 4.79 Å². The van der Waals surface area contributed by atoms with E-state index >= 15 is 0 Å². The highest BCUT2D eigenvalue weighted by Gasteiger charge is 2.22. The number of likely N-dealkylation sites (N-methyl/N-ethyl adjacent to an activating group) is 1. The first kappa shape index (κ1) is 20.3. The molecule has 1 amide bonds. The van der Waals surface area contributed by atoms with Crippen LogP contribution in [0.2, 0.25) is 0 Å². The van der Waals surface area contributed by atoms with Gasteiger partial charge in [-0.15, -0.1) is 24.8 Å². The van der Waals surface area contributed by atoms with Crippen molar-refractivity contribution in [3.8, 4) is 0 Å². The number of rotatable bonds is 5. The van der Waals surface area contributed by atoms with E-state index in [2.05, 4.69) is 36.3 Å². The summed E-state index contributed by atoms with van der Waals surface area (Å²) in [5, 5.41) is 6.49. The molecule has 0 aromatic heterocycles. The quantitative estimate of drug-likeness (QED) is 0.804. The van der Waals surface area contributed by atoms with Crippen molar-refractivity contribution in [3.63, 3.8) is 0 Å². The predicted molar refractivity (Wildman–Crippen MR) is 80.9 cm³/mol. The summed E-state index contributed by atoms with van der Waals surface area (Å²) in [4.78, 5) is 14.0. The second kappa shape index (κ2) is 10.9. The summed E-state index contributed by atoms with van der Waals surface area (Å²) < 4.78 is 0. The van der Waals surface area contributed by atoms with Crippen molar-refractivity contribution < 1.29 is 4.79 Å². The van der Waals surface area contributed by atoms with E-state index in [0.29, 0.717) is 18.5 Å². The second-order valence-corrected chi connectivity index (χ2v) is 4.61. The van der Waals surface area contributed by atoms with Crippen LogP contribution in [0.4, 0.5) is 0 Å². The maximum absolute atomic E-state index is 11.8. The molecule has 1 fully saturated rings. The molecule has 0 radical (unpaired) electrons. The molecule has 18 heavy (non-hydrogen) atoms. The Kier molecular flexibility index (Phi) is 12.2. The van der Waals surface area contributed by atoms with Crippen molar-refractivity contribution in [2.45, 2.75) is 33.2 Å². The minimum absolute atomic E-state index is 0. The van der Waals surface area contributed by atoms with Gasteiger partial charge in [0.1, 0.15) is 0 Å². The molecule has 1 saturated heterocycles. The lowest BCUT2D eigenvalue weighted by Crippen LogP contribution is -2.50. The average Bonchev–Trinajstić information content (AvgIpc) is 2.29. The zero-order chi connectivity index (χ0) is 12.0. The van der Waals surface area contributed by atoms with Gasteiger partial charge in [0.15, 0.2) is 0 Å². The fraction of sp³-hybridized carbons (Fsp3) is 0.917. The van der Waals surface area contributed by atoms with E-state index in [4.69, 9.17) is 0 Å². The highest BCUT2D eigenvalue weighted by atomic mass is 35.5. The summed E-state index contributed by atoms with van der Waals surface area (Å²) in [6, 6.07) is 0.351. The molecule has 110 valence electrons. The fourth-order valence-electron chi connectivity index (χ4n) is 2.13. The molecule has 0 aliphatic carbocycles. The van der Waals surface area contributed by atoms with Crippen LogP contribution in [0.3, 0.4) is 0 Å². The Morgan fingerprint density at radius 2 is 1.94 bits per heavy atom. The molecule has 4 nitrogen and oxygen atoms in total. The summed E-state index contributed by atoms with van der Waals surface area (Å²) in [7, 11) is 0. The molecule has 0 saturated carbocycles. The zero-order valence-electron chi connectivity index (χ0n) is 11.6. The van der Waals surface area contributed by atoms with E-state index in [1.165, 1.54) is 0 Å². The number of halogens is 2. The fourth-order valence-corrected chi connectivity index (χ4v) is 2.13. The molecule has 6 heteroatoms. The maximum Gasteiger partial charge on any atom is 0.234 e. The Bertz CT molecular complexity index is 225. The molecule has 2 unspecified atom stereocenters. The standard InChI is InChI=1S/C12H25N3O.2ClH/c1-4-15(5-2)9-12(16)14-11-6-7-13-8-10(11)3;;/h10-11,13H,4-9H2,1-3H3,(H,14,16);2*1H. The lowest BCUT2D eigenvalue weighted by molar-refractivity contribution is -0.123. The molecule has 1 aliphatic heterocycles. The number of nitrogens with zero attached hydrogens (tertiary/aromatic N) is 1. The molecule has 0 bridgehead atoms. The van der Waals surface area contributed by atoms with Gasteiger partial charge in [-0.25, -0.2) is 0 Å². The van der Waals surface area contributed by atoms with Gasteiger partial charge in [0, 0.05) is 6.04 Å². The van der Waals surface area contributed by atoms with Gasteiger partial charge >= 0.3 is 0 Å². The number of piperidine rings is 1. The Labute approximate surface area is 123 Å². The van der Waals surface area contributed by atoms with Crippen LogP contribution >= 0.6 is 24.8 Å². The second-order valence-electron chi connectivity index (χ2n) is 4.61. The first-order valence-corrected chi connectivity index (χ1v) is 6.39. The largest absolute Gasteiger partial charge is 0.352 e. The lowest BCUT2D eigenvalue weighted by atomic mass is 9.95. The van der Waals surface area contributed by atoms with Gasteiger partial charge in [0.2, 0.25) is 5.91 Å². The normalized spacial score (nSPS) is 22.9. The number of carbonyl (C=O) groups is 1. The number of hydrogen-bond donors (Lipinski definition) is 2. The minimum Gasteiger partial charge on any atom is -0.352 e. The smallest absolute Gasteiger partial charge is 0.234 e. The molecule has 1 heterocycles. The zero-order valence-corrected chi connectivity index (χ0v) is 13.2. The molecule has 0 aromatic rings. The van der Waals surface area contributed by atoms with Gasteiger partial charge in [-0.3, -0.25) is 9.69 Å². The van der Waals surface area contributed by atoms with Crippen molar-refractivity contribution in [1.29, 1.82) is 0 Å². The summed E-state index contributed by atoms with van der Waals surface area (Å²) >= 11 is 0. The van der Waals surface area contributed by atoms with Crippen LogP contribution in [0.5, 0.6) is 0 Å². The topological polar surface area (TPSA) is 44.4 Å². The van der Waals surface area contributed by atoms with Crippen LogP contribution in [-0.4, -0.2) is 49.6 Å². The minimum atomic E-state index is 0. The average molecular weight is 300 g/mol. The van der Waals surface area contributed by atoms with Gasteiger partial charge in [0.25, 0.3) is 0 Å². The monoisotopic (exact) mass is 299 g/mol. The van der Waals surface area contributed by atoms with Gasteiger partial charge in [-0.1, -0.05) is 20.8 Å². The van der Waals surface area contributed by atoms with Gasteiger partial charge in [-0.05, 0) is 38.5 Å². The van der Waals surface area contributed by atoms with E-state index in [-0.39, 0.29) is 30.7 Å². The molecular weight excluding hydrogens is 273 g/mol. The Morgan fingerprint density at radius 1 is 1.33 bits per heavy atom. The highest BCUT2D eigenvalue weighted by Crippen LogP contribution is 2.09. The third-order valence-electron chi connectivity index (χ3n) is 3.39. The SMILES string of the molecule is CCN(CC)CC(=O)NC1CCNCC1C.Cl.Cl. The van der Waals surface area contributed by atoms with E-state index < -0.39 is 0 Å². The van der Waals surface area contributed by atoms with Crippen molar-refractivity contribution in [1.82, 2.24) is 15.5 Å². The van der Waals surface area contributed by atoms with Crippen LogP contribution < -0.4 is 10.6 Å². The summed E-state index contributed by atoms with van der Waals surface area (Å²) in [6.45, 7) is 10.8. The Hall–Kier alpha value is -0.0300. The van der Waals surface area contributed by atoms with Crippen molar-refractivity contribution >= 4 is 30.7 Å². The molecular formula is C12H27Cl2N3O. The van der Waals surface area contributed by atoms with Crippen molar-refractivity contribution in [2.75, 3.05) is 32.7 Å². The third-order valence-corrected chi connectivity index (χ3v) is 3.39. The first-order chi connectivity index (χ1) is 7.67. The van der Waals surface area contributed by atoms with Crippen LogP contribution in [0, 0.1) is 5.92 Å². The van der Waals surface area contributed by atoms with Crippen LogP contribution in [0.15, 0.2) is 0 Å². The summed E-state index contributed by atoms with van der Waals surface area (Å²) in [5.41, 5.74) is 0. The Balaban J connectivity index is 0. The van der Waals surface area contributed by atoms with Gasteiger partial charge in [0.05, 0.1) is 6.54 Å².